The van der Waals surface area contributed by atoms with E-state index in [1.807, 2.05) is 0 Å². The standard InChI is InChI=1S/C24H16F3N3O7S/c1-36-19-8-6-13(24(25,26)27)10-16(19)28-21(31)12-29-22(32)20(38-23(29)33)11-14-7-9-18(37-14)15-4-2-3-5-17(15)30(34)35/h2-11H,12H2,1H3,(H,28,31)/b20-11-. The molecule has 2 heterocycles. The predicted octanol–water partition coefficient (Wildman–Crippen LogP) is 5.56. The Morgan fingerprint density at radius 1 is 1.18 bits per heavy atom. The summed E-state index contributed by atoms with van der Waals surface area (Å²) < 4.78 is 49.7. The van der Waals surface area contributed by atoms with Gasteiger partial charge in [-0.05, 0) is 48.2 Å². The zero-order valence-corrected chi connectivity index (χ0v) is 20.1. The molecule has 14 heteroatoms. The SMILES string of the molecule is COc1ccc(C(F)(F)F)cc1NC(=O)CN1C(=O)S/C(=C\c2ccc(-c3ccccc3[N+](=O)[O-])o2)C1=O. The molecule has 0 unspecified atom stereocenters. The molecule has 10 nitrogen and oxygen atoms in total. The van der Waals surface area contributed by atoms with Crippen LogP contribution in [0, 0.1) is 10.1 Å². The Balaban J connectivity index is 1.49. The van der Waals surface area contributed by atoms with Gasteiger partial charge in [-0.25, -0.2) is 0 Å². The van der Waals surface area contributed by atoms with Gasteiger partial charge in [-0.2, -0.15) is 13.2 Å². The third-order valence-electron chi connectivity index (χ3n) is 5.24. The van der Waals surface area contributed by atoms with Crippen LogP contribution in [-0.2, 0) is 15.8 Å². The third kappa shape index (κ3) is 5.54. The number of nitrogens with zero attached hydrogens (tertiary/aromatic N) is 2. The summed E-state index contributed by atoms with van der Waals surface area (Å²) >= 11 is 0.528. The molecule has 1 saturated heterocycles. The van der Waals surface area contributed by atoms with Crippen LogP contribution in [0.1, 0.15) is 11.3 Å². The molecule has 0 spiro atoms. The maximum atomic E-state index is 13.0. The van der Waals surface area contributed by atoms with Crippen molar-refractivity contribution >= 4 is 46.3 Å². The van der Waals surface area contributed by atoms with E-state index in [1.165, 1.54) is 43.5 Å². The molecule has 1 aliphatic rings. The van der Waals surface area contributed by atoms with Crippen molar-refractivity contribution in [2.24, 2.45) is 0 Å². The fourth-order valence-corrected chi connectivity index (χ4v) is 4.32. The van der Waals surface area contributed by atoms with Gasteiger partial charge in [-0.1, -0.05) is 12.1 Å². The van der Waals surface area contributed by atoms with Gasteiger partial charge >= 0.3 is 6.18 Å². The summed E-state index contributed by atoms with van der Waals surface area (Å²) in [6.07, 6.45) is -3.42. The molecule has 0 aliphatic carbocycles. The van der Waals surface area contributed by atoms with Crippen molar-refractivity contribution in [3.05, 3.63) is 80.9 Å². The minimum atomic E-state index is -4.67. The maximum absolute atomic E-state index is 13.0. The number of imide groups is 1. The molecule has 1 aliphatic heterocycles. The number of halogens is 3. The van der Waals surface area contributed by atoms with E-state index in [0.717, 1.165) is 12.1 Å². The van der Waals surface area contributed by atoms with Gasteiger partial charge in [0.25, 0.3) is 16.8 Å². The number of furan rings is 1. The Labute approximate surface area is 216 Å². The molecular weight excluding hydrogens is 531 g/mol. The number of nitrogens with one attached hydrogen (secondary N) is 1. The van der Waals surface area contributed by atoms with Crippen LogP contribution in [0.4, 0.5) is 29.3 Å². The number of para-hydroxylation sites is 1. The summed E-state index contributed by atoms with van der Waals surface area (Å²) in [4.78, 5) is 48.9. The molecule has 3 aromatic rings. The first-order chi connectivity index (χ1) is 18.0. The average Bonchev–Trinajstić information content (AvgIpc) is 3.43. The number of anilines is 1. The third-order valence-corrected chi connectivity index (χ3v) is 6.15. The summed E-state index contributed by atoms with van der Waals surface area (Å²) in [6, 6.07) is 11.3. The summed E-state index contributed by atoms with van der Waals surface area (Å²) in [7, 11) is 1.20. The van der Waals surface area contributed by atoms with Gasteiger partial charge in [0.2, 0.25) is 5.91 Å². The van der Waals surface area contributed by atoms with Crippen molar-refractivity contribution in [2.75, 3.05) is 19.0 Å². The molecule has 0 saturated carbocycles. The summed E-state index contributed by atoms with van der Waals surface area (Å²) in [5.74, 6) is -1.51. The predicted molar refractivity (Wildman–Crippen MR) is 130 cm³/mol. The highest BCUT2D eigenvalue weighted by Crippen LogP contribution is 2.37. The minimum Gasteiger partial charge on any atom is -0.495 e. The molecule has 0 radical (unpaired) electrons. The topological polar surface area (TPSA) is 132 Å². The lowest BCUT2D eigenvalue weighted by Gasteiger charge is -2.16. The number of benzene rings is 2. The Bertz CT molecular complexity index is 1480. The highest BCUT2D eigenvalue weighted by molar-refractivity contribution is 8.18. The van der Waals surface area contributed by atoms with Gasteiger partial charge in [0.05, 0.1) is 33.8 Å². The molecule has 1 aromatic heterocycles. The van der Waals surface area contributed by atoms with E-state index in [-0.39, 0.29) is 39.1 Å². The monoisotopic (exact) mass is 547 g/mol. The fourth-order valence-electron chi connectivity index (χ4n) is 3.50. The summed E-state index contributed by atoms with van der Waals surface area (Å²) in [5.41, 5.74) is -1.28. The second-order valence-electron chi connectivity index (χ2n) is 7.71. The van der Waals surface area contributed by atoms with E-state index in [1.54, 1.807) is 6.07 Å². The summed E-state index contributed by atoms with van der Waals surface area (Å²) in [5, 5.41) is 12.7. The highest BCUT2D eigenvalue weighted by Gasteiger charge is 2.37. The molecule has 38 heavy (non-hydrogen) atoms. The van der Waals surface area contributed by atoms with Gasteiger partial charge in [0.15, 0.2) is 0 Å². The molecule has 2 aromatic carbocycles. The quantitative estimate of drug-likeness (QED) is 0.231. The number of ether oxygens (including phenoxy) is 1. The van der Waals surface area contributed by atoms with Crippen LogP contribution in [0.2, 0.25) is 0 Å². The van der Waals surface area contributed by atoms with Crippen LogP contribution < -0.4 is 10.1 Å². The number of thioether (sulfide) groups is 1. The highest BCUT2D eigenvalue weighted by atomic mass is 32.2. The molecular formula is C24H16F3N3O7S. The van der Waals surface area contributed by atoms with Crippen molar-refractivity contribution in [3.8, 4) is 17.1 Å². The van der Waals surface area contributed by atoms with Gasteiger partial charge in [0.1, 0.15) is 23.8 Å². The van der Waals surface area contributed by atoms with Crippen LogP contribution >= 0.6 is 11.8 Å². The van der Waals surface area contributed by atoms with Gasteiger partial charge in [0, 0.05) is 12.1 Å². The number of nitro benzene ring substituents is 1. The number of rotatable bonds is 7. The zero-order chi connectivity index (χ0) is 27.6. The van der Waals surface area contributed by atoms with Crippen LogP contribution in [0.3, 0.4) is 0 Å². The lowest BCUT2D eigenvalue weighted by atomic mass is 10.1. The van der Waals surface area contributed by atoms with E-state index < -0.39 is 40.3 Å². The van der Waals surface area contributed by atoms with E-state index in [0.29, 0.717) is 22.7 Å². The Hall–Kier alpha value is -4.59. The minimum absolute atomic E-state index is 0.0485. The number of nitro groups is 1. The molecule has 0 atom stereocenters. The van der Waals surface area contributed by atoms with E-state index >= 15 is 0 Å². The second kappa shape index (κ2) is 10.4. The Kier molecular flexibility index (Phi) is 7.26. The first kappa shape index (κ1) is 26.5. The number of amides is 3. The lowest BCUT2D eigenvalue weighted by molar-refractivity contribution is -0.384. The van der Waals surface area contributed by atoms with Crippen LogP contribution in [-0.4, -0.2) is 40.5 Å². The number of alkyl halides is 3. The smallest absolute Gasteiger partial charge is 0.416 e. The molecule has 4 rings (SSSR count). The van der Waals surface area contributed by atoms with Crippen LogP contribution in [0.25, 0.3) is 17.4 Å². The van der Waals surface area contributed by atoms with Crippen molar-refractivity contribution < 1.29 is 41.6 Å². The van der Waals surface area contributed by atoms with Crippen LogP contribution in [0.5, 0.6) is 5.75 Å². The molecule has 0 bridgehead atoms. The average molecular weight is 547 g/mol. The Morgan fingerprint density at radius 2 is 1.92 bits per heavy atom. The number of methoxy groups -OCH3 is 1. The second-order valence-corrected chi connectivity index (χ2v) is 8.70. The van der Waals surface area contributed by atoms with E-state index in [2.05, 4.69) is 5.32 Å². The fraction of sp³-hybridized carbons (Fsp3) is 0.125. The van der Waals surface area contributed by atoms with Gasteiger partial charge in [-0.15, -0.1) is 0 Å². The van der Waals surface area contributed by atoms with Crippen molar-refractivity contribution in [2.45, 2.75) is 6.18 Å². The first-order valence-electron chi connectivity index (χ1n) is 10.6. The largest absolute Gasteiger partial charge is 0.495 e. The molecule has 196 valence electrons. The van der Waals surface area contributed by atoms with Crippen LogP contribution in [0.15, 0.2) is 63.9 Å². The number of hydrogen-bond acceptors (Lipinski definition) is 8. The summed E-state index contributed by atoms with van der Waals surface area (Å²) in [6.45, 7) is -0.763. The van der Waals surface area contributed by atoms with Gasteiger partial charge in [-0.3, -0.25) is 29.4 Å². The van der Waals surface area contributed by atoms with E-state index in [4.69, 9.17) is 9.15 Å². The number of carbonyl (C=O) groups is 3. The van der Waals surface area contributed by atoms with Crippen molar-refractivity contribution in [1.29, 1.82) is 0 Å². The number of hydrogen-bond donors (Lipinski definition) is 1. The van der Waals surface area contributed by atoms with Crippen molar-refractivity contribution in [3.63, 3.8) is 0 Å². The normalized spacial score (nSPS) is 14.7. The Morgan fingerprint density at radius 3 is 2.61 bits per heavy atom. The molecule has 1 fully saturated rings. The van der Waals surface area contributed by atoms with Crippen molar-refractivity contribution in [1.82, 2.24) is 4.90 Å². The number of carbonyl (C=O) groups excluding carboxylic acids is 3. The lowest BCUT2D eigenvalue weighted by Crippen LogP contribution is -2.36. The van der Waals surface area contributed by atoms with Gasteiger partial charge < -0.3 is 14.5 Å². The zero-order valence-electron chi connectivity index (χ0n) is 19.3. The first-order valence-corrected chi connectivity index (χ1v) is 11.4. The molecule has 1 N–H and O–H groups in total. The van der Waals surface area contributed by atoms with E-state index in [9.17, 15) is 37.7 Å². The molecule has 3 amide bonds. The maximum Gasteiger partial charge on any atom is 0.416 e.